The lowest BCUT2D eigenvalue weighted by molar-refractivity contribution is -0.141. The van der Waals surface area contributed by atoms with Crippen LogP contribution in [0.5, 0.6) is 0 Å². The zero-order chi connectivity index (χ0) is 13.7. The van der Waals surface area contributed by atoms with Crippen LogP contribution in [-0.4, -0.2) is 32.6 Å². The van der Waals surface area contributed by atoms with E-state index in [1.165, 1.54) is 12.7 Å². The molecule has 0 N–H and O–H groups in total. The first-order valence-electron chi connectivity index (χ1n) is 7.17. The Morgan fingerprint density at radius 3 is 2.79 bits per heavy atom. The predicted molar refractivity (Wildman–Crippen MR) is 71.5 cm³/mol. The molecule has 4 nitrogen and oxygen atoms in total. The van der Waals surface area contributed by atoms with Crippen molar-refractivity contribution < 1.29 is 19.0 Å². The van der Waals surface area contributed by atoms with Crippen molar-refractivity contribution in [2.45, 2.75) is 45.3 Å². The molecular formula is C15H24O4. The summed E-state index contributed by atoms with van der Waals surface area (Å²) in [6.07, 6.45) is 7.00. The first kappa shape index (κ1) is 14.5. The minimum absolute atomic E-state index is 0.0336. The molecule has 0 bridgehead atoms. The van der Waals surface area contributed by atoms with E-state index in [1.807, 2.05) is 0 Å². The Morgan fingerprint density at radius 1 is 1.47 bits per heavy atom. The van der Waals surface area contributed by atoms with Crippen LogP contribution in [0.1, 0.15) is 39.0 Å². The number of ether oxygens (including phenoxy) is 3. The molecule has 0 aromatic carbocycles. The highest BCUT2D eigenvalue weighted by atomic mass is 16.7. The van der Waals surface area contributed by atoms with Crippen LogP contribution >= 0.6 is 0 Å². The van der Waals surface area contributed by atoms with E-state index in [0.717, 1.165) is 38.9 Å². The summed E-state index contributed by atoms with van der Waals surface area (Å²) in [7, 11) is 1.45. The molecule has 1 saturated heterocycles. The Labute approximate surface area is 115 Å². The lowest BCUT2D eigenvalue weighted by atomic mass is 9.84. The fourth-order valence-electron chi connectivity index (χ4n) is 2.85. The molecule has 0 spiro atoms. The van der Waals surface area contributed by atoms with Gasteiger partial charge in [-0.1, -0.05) is 18.6 Å². The van der Waals surface area contributed by atoms with Crippen LogP contribution in [0.15, 0.2) is 11.6 Å². The van der Waals surface area contributed by atoms with Crippen molar-refractivity contribution in [3.63, 3.8) is 0 Å². The van der Waals surface area contributed by atoms with Crippen LogP contribution in [0.4, 0.5) is 0 Å². The third kappa shape index (κ3) is 4.32. The number of carbonyl (C=O) groups is 1. The maximum Gasteiger partial charge on any atom is 0.305 e. The molecule has 2 rings (SSSR count). The molecule has 2 unspecified atom stereocenters. The molecule has 1 fully saturated rings. The van der Waals surface area contributed by atoms with Gasteiger partial charge in [-0.2, -0.15) is 0 Å². The summed E-state index contributed by atoms with van der Waals surface area (Å²) in [5.74, 6) is 0.763. The summed E-state index contributed by atoms with van der Waals surface area (Å²) < 4.78 is 15.8. The standard InChI is InChI=1S/C15H24O4/c1-11(15-18-7-8-19-15)9-12-3-5-13(6-4-12)10-14(16)17-2/h3,11,13,15H,4-10H2,1-2H3. The minimum Gasteiger partial charge on any atom is -0.469 e. The van der Waals surface area contributed by atoms with Gasteiger partial charge in [0, 0.05) is 12.3 Å². The van der Waals surface area contributed by atoms with Gasteiger partial charge in [0.25, 0.3) is 0 Å². The fourth-order valence-corrected chi connectivity index (χ4v) is 2.85. The summed E-state index contributed by atoms with van der Waals surface area (Å²) in [6, 6.07) is 0. The van der Waals surface area contributed by atoms with E-state index in [9.17, 15) is 4.79 Å². The van der Waals surface area contributed by atoms with Crippen molar-refractivity contribution >= 4 is 5.97 Å². The smallest absolute Gasteiger partial charge is 0.305 e. The van der Waals surface area contributed by atoms with Gasteiger partial charge in [-0.15, -0.1) is 0 Å². The molecule has 0 aromatic heterocycles. The van der Waals surface area contributed by atoms with Gasteiger partial charge in [-0.3, -0.25) is 4.79 Å². The Balaban J connectivity index is 1.75. The zero-order valence-corrected chi connectivity index (χ0v) is 11.9. The van der Waals surface area contributed by atoms with Crippen LogP contribution in [-0.2, 0) is 19.0 Å². The highest BCUT2D eigenvalue weighted by molar-refractivity contribution is 5.69. The predicted octanol–water partition coefficient (Wildman–Crippen LogP) is 2.68. The molecule has 0 saturated carbocycles. The van der Waals surface area contributed by atoms with Gasteiger partial charge in [0.05, 0.1) is 20.3 Å². The van der Waals surface area contributed by atoms with Gasteiger partial charge in [0.15, 0.2) is 6.29 Å². The van der Waals surface area contributed by atoms with Gasteiger partial charge >= 0.3 is 5.97 Å². The van der Waals surface area contributed by atoms with Gasteiger partial charge in [0.2, 0.25) is 0 Å². The Hall–Kier alpha value is -0.870. The normalized spacial score (nSPS) is 26.0. The largest absolute Gasteiger partial charge is 0.469 e. The van der Waals surface area contributed by atoms with Crippen LogP contribution < -0.4 is 0 Å². The van der Waals surface area contributed by atoms with Gasteiger partial charge in [0.1, 0.15) is 0 Å². The summed E-state index contributed by atoms with van der Waals surface area (Å²) in [5, 5.41) is 0. The molecular weight excluding hydrogens is 244 g/mol. The third-order valence-corrected chi connectivity index (χ3v) is 3.99. The van der Waals surface area contributed by atoms with E-state index in [1.54, 1.807) is 0 Å². The summed E-state index contributed by atoms with van der Waals surface area (Å²) in [5.41, 5.74) is 1.48. The second-order valence-electron chi connectivity index (χ2n) is 5.57. The quantitative estimate of drug-likeness (QED) is 0.568. The minimum atomic E-state index is -0.0945. The number of rotatable bonds is 5. The number of carbonyl (C=O) groups excluding carboxylic acids is 1. The van der Waals surface area contributed by atoms with E-state index in [4.69, 9.17) is 14.2 Å². The van der Waals surface area contributed by atoms with Gasteiger partial charge in [-0.05, 0) is 31.6 Å². The van der Waals surface area contributed by atoms with Crippen LogP contribution in [0, 0.1) is 11.8 Å². The molecule has 1 aliphatic carbocycles. The number of esters is 1. The van der Waals surface area contributed by atoms with E-state index in [-0.39, 0.29) is 12.3 Å². The van der Waals surface area contributed by atoms with Crippen molar-refractivity contribution in [2.75, 3.05) is 20.3 Å². The third-order valence-electron chi connectivity index (χ3n) is 3.99. The molecule has 4 heteroatoms. The Bertz CT molecular complexity index is 331. The van der Waals surface area contributed by atoms with Crippen LogP contribution in [0.25, 0.3) is 0 Å². The number of allylic oxidation sites excluding steroid dienone is 2. The maximum absolute atomic E-state index is 11.2. The highest BCUT2D eigenvalue weighted by Gasteiger charge is 2.25. The second-order valence-corrected chi connectivity index (χ2v) is 5.57. The van der Waals surface area contributed by atoms with Crippen molar-refractivity contribution in [2.24, 2.45) is 11.8 Å². The monoisotopic (exact) mass is 268 g/mol. The maximum atomic E-state index is 11.2. The zero-order valence-electron chi connectivity index (χ0n) is 11.9. The fraction of sp³-hybridized carbons (Fsp3) is 0.800. The molecule has 0 amide bonds. The van der Waals surface area contributed by atoms with Gasteiger partial charge < -0.3 is 14.2 Å². The summed E-state index contributed by atoms with van der Waals surface area (Å²) in [6.45, 7) is 3.61. The number of hydrogen-bond acceptors (Lipinski definition) is 4. The molecule has 19 heavy (non-hydrogen) atoms. The molecule has 2 aliphatic rings. The highest BCUT2D eigenvalue weighted by Crippen LogP contribution is 2.31. The molecule has 1 aliphatic heterocycles. The number of hydrogen-bond donors (Lipinski definition) is 0. The van der Waals surface area contributed by atoms with Crippen LogP contribution in [0.3, 0.4) is 0 Å². The van der Waals surface area contributed by atoms with Crippen molar-refractivity contribution in [1.82, 2.24) is 0 Å². The van der Waals surface area contributed by atoms with E-state index >= 15 is 0 Å². The van der Waals surface area contributed by atoms with E-state index in [0.29, 0.717) is 18.3 Å². The lowest BCUT2D eigenvalue weighted by Crippen LogP contribution is -2.20. The van der Waals surface area contributed by atoms with Crippen LogP contribution in [0.2, 0.25) is 0 Å². The molecule has 0 radical (unpaired) electrons. The Kier molecular flexibility index (Phi) is 5.40. The van der Waals surface area contributed by atoms with E-state index in [2.05, 4.69) is 13.0 Å². The van der Waals surface area contributed by atoms with Crippen molar-refractivity contribution in [3.8, 4) is 0 Å². The molecule has 108 valence electrons. The van der Waals surface area contributed by atoms with Gasteiger partial charge in [-0.25, -0.2) is 0 Å². The average molecular weight is 268 g/mol. The topological polar surface area (TPSA) is 44.8 Å². The summed E-state index contributed by atoms with van der Waals surface area (Å²) >= 11 is 0. The average Bonchev–Trinajstić information content (AvgIpc) is 2.95. The second kappa shape index (κ2) is 7.06. The molecule has 0 aromatic rings. The molecule has 2 atom stereocenters. The molecule has 1 heterocycles. The van der Waals surface area contributed by atoms with Crippen molar-refractivity contribution in [1.29, 1.82) is 0 Å². The Morgan fingerprint density at radius 2 is 2.21 bits per heavy atom. The first-order chi connectivity index (χ1) is 9.19. The SMILES string of the molecule is COC(=O)CC1CC=C(CC(C)C2OCCO2)CC1. The number of methoxy groups -OCH3 is 1. The lowest BCUT2D eigenvalue weighted by Gasteiger charge is -2.24. The van der Waals surface area contributed by atoms with Crippen molar-refractivity contribution in [3.05, 3.63) is 11.6 Å². The van der Waals surface area contributed by atoms with E-state index < -0.39 is 0 Å². The first-order valence-corrected chi connectivity index (χ1v) is 7.17. The summed E-state index contributed by atoms with van der Waals surface area (Å²) in [4.78, 5) is 11.2.